The van der Waals surface area contributed by atoms with Gasteiger partial charge in [-0.1, -0.05) is 0 Å². The van der Waals surface area contributed by atoms with Crippen LogP contribution in [-0.2, 0) is 28.1 Å². The molecule has 0 unspecified atom stereocenters. The summed E-state index contributed by atoms with van der Waals surface area (Å²) in [5, 5.41) is 0. The van der Waals surface area contributed by atoms with E-state index >= 15 is 0 Å². The standard InChI is InChI=1S/C16H27F3O6Si/c1-13(2)20-8-9(22-13)10-15(16(17,18)19,25-26(5,6)7)11-12(21-10)24-14(3,4)23-11/h9-12H,8H2,1-7H3/t9-,10-,11+,12-,15-/m1/s1. The zero-order valence-corrected chi connectivity index (χ0v) is 17.1. The van der Waals surface area contributed by atoms with Crippen molar-refractivity contribution < 1.29 is 41.3 Å². The average Bonchev–Trinajstić information content (AvgIpc) is 2.97. The van der Waals surface area contributed by atoms with Crippen LogP contribution >= 0.6 is 0 Å². The van der Waals surface area contributed by atoms with Gasteiger partial charge in [0.15, 0.2) is 32.3 Å². The second-order valence-corrected chi connectivity index (χ2v) is 13.3. The highest BCUT2D eigenvalue weighted by atomic mass is 28.4. The van der Waals surface area contributed by atoms with Crippen LogP contribution in [0, 0.1) is 0 Å². The maximum Gasteiger partial charge on any atom is 0.421 e. The van der Waals surface area contributed by atoms with Crippen LogP contribution in [0.3, 0.4) is 0 Å². The monoisotopic (exact) mass is 400 g/mol. The smallest absolute Gasteiger partial charge is 0.400 e. The van der Waals surface area contributed by atoms with Crippen molar-refractivity contribution in [2.75, 3.05) is 6.61 Å². The third-order valence-electron chi connectivity index (χ3n) is 4.47. The minimum absolute atomic E-state index is 0.0343. The zero-order chi connectivity index (χ0) is 19.8. The maximum atomic E-state index is 14.5. The van der Waals surface area contributed by atoms with Crippen molar-refractivity contribution in [1.29, 1.82) is 0 Å². The summed E-state index contributed by atoms with van der Waals surface area (Å²) in [7, 11) is -2.67. The first-order valence-corrected chi connectivity index (χ1v) is 12.1. The van der Waals surface area contributed by atoms with Crippen molar-refractivity contribution in [1.82, 2.24) is 0 Å². The molecule has 0 aromatic heterocycles. The normalized spacial score (nSPS) is 42.2. The first-order chi connectivity index (χ1) is 11.6. The molecule has 0 aromatic carbocycles. The molecule has 0 N–H and O–H groups in total. The molecular weight excluding hydrogens is 373 g/mol. The molecule has 26 heavy (non-hydrogen) atoms. The van der Waals surface area contributed by atoms with E-state index in [1.807, 2.05) is 0 Å². The highest BCUT2D eigenvalue weighted by Gasteiger charge is 2.78. The van der Waals surface area contributed by atoms with Gasteiger partial charge in [0.1, 0.15) is 12.2 Å². The molecule has 3 fully saturated rings. The van der Waals surface area contributed by atoms with Gasteiger partial charge in [-0.05, 0) is 47.3 Å². The lowest BCUT2D eigenvalue weighted by molar-refractivity contribution is -0.318. The second-order valence-electron chi connectivity index (χ2n) is 8.85. The molecule has 5 atom stereocenters. The Kier molecular flexibility index (Phi) is 4.64. The number of fused-ring (bicyclic) bond motifs is 1. The first-order valence-electron chi connectivity index (χ1n) is 8.66. The van der Waals surface area contributed by atoms with Crippen LogP contribution in [-0.4, -0.2) is 62.9 Å². The van der Waals surface area contributed by atoms with Crippen molar-refractivity contribution in [3.8, 4) is 0 Å². The Hall–Kier alpha value is -0.233. The maximum absolute atomic E-state index is 14.5. The fourth-order valence-electron chi connectivity index (χ4n) is 3.76. The number of rotatable bonds is 3. The molecule has 0 saturated carbocycles. The molecule has 6 nitrogen and oxygen atoms in total. The topological polar surface area (TPSA) is 55.4 Å². The fraction of sp³-hybridized carbons (Fsp3) is 1.00. The Morgan fingerprint density at radius 1 is 0.923 bits per heavy atom. The molecule has 0 spiro atoms. The van der Waals surface area contributed by atoms with E-state index in [-0.39, 0.29) is 6.61 Å². The molecule has 10 heteroatoms. The van der Waals surface area contributed by atoms with Gasteiger partial charge in [0.05, 0.1) is 6.61 Å². The molecule has 0 amide bonds. The molecule has 3 heterocycles. The van der Waals surface area contributed by atoms with Crippen LogP contribution in [0.5, 0.6) is 0 Å². The molecule has 0 radical (unpaired) electrons. The van der Waals surface area contributed by atoms with Crippen molar-refractivity contribution >= 4 is 8.32 Å². The van der Waals surface area contributed by atoms with E-state index in [4.69, 9.17) is 28.1 Å². The average molecular weight is 400 g/mol. The van der Waals surface area contributed by atoms with Crippen molar-refractivity contribution in [2.24, 2.45) is 0 Å². The first kappa shape index (κ1) is 20.5. The highest BCUT2D eigenvalue weighted by Crippen LogP contribution is 2.55. The predicted octanol–water partition coefficient (Wildman–Crippen LogP) is 3.17. The van der Waals surface area contributed by atoms with Gasteiger partial charge in [-0.15, -0.1) is 0 Å². The van der Waals surface area contributed by atoms with Gasteiger partial charge < -0.3 is 28.1 Å². The van der Waals surface area contributed by atoms with Crippen LogP contribution < -0.4 is 0 Å². The van der Waals surface area contributed by atoms with Crippen molar-refractivity contribution in [3.63, 3.8) is 0 Å². The third kappa shape index (κ3) is 3.45. The molecule has 0 aliphatic carbocycles. The summed E-state index contributed by atoms with van der Waals surface area (Å²) >= 11 is 0. The van der Waals surface area contributed by atoms with Gasteiger partial charge in [-0.2, -0.15) is 13.2 Å². The zero-order valence-electron chi connectivity index (χ0n) is 16.1. The summed E-state index contributed by atoms with van der Waals surface area (Å²) in [4.78, 5) is 0. The van der Waals surface area contributed by atoms with E-state index < -0.39 is 56.3 Å². The van der Waals surface area contributed by atoms with Crippen LogP contribution in [0.25, 0.3) is 0 Å². The summed E-state index contributed by atoms with van der Waals surface area (Å²) in [6, 6.07) is 0. The van der Waals surface area contributed by atoms with Gasteiger partial charge in [0, 0.05) is 0 Å². The molecular formula is C16H27F3O6Si. The molecule has 0 aromatic rings. The van der Waals surface area contributed by atoms with E-state index in [1.165, 1.54) is 0 Å². The molecule has 3 aliphatic heterocycles. The summed E-state index contributed by atoms with van der Waals surface area (Å²) in [5.74, 6) is -2.20. The molecule has 0 bridgehead atoms. The van der Waals surface area contributed by atoms with E-state index in [0.29, 0.717) is 0 Å². The minimum atomic E-state index is -4.75. The van der Waals surface area contributed by atoms with Gasteiger partial charge in [0.25, 0.3) is 0 Å². The van der Waals surface area contributed by atoms with Crippen molar-refractivity contribution in [3.05, 3.63) is 0 Å². The number of hydrogen-bond acceptors (Lipinski definition) is 6. The van der Waals surface area contributed by atoms with Gasteiger partial charge >= 0.3 is 6.18 Å². The van der Waals surface area contributed by atoms with Gasteiger partial charge in [-0.3, -0.25) is 0 Å². The number of alkyl halides is 3. The predicted molar refractivity (Wildman–Crippen MR) is 86.8 cm³/mol. The molecule has 3 aliphatic rings. The van der Waals surface area contributed by atoms with E-state index in [0.717, 1.165) is 0 Å². The molecule has 152 valence electrons. The van der Waals surface area contributed by atoms with Crippen LogP contribution in [0.1, 0.15) is 27.7 Å². The van der Waals surface area contributed by atoms with E-state index in [2.05, 4.69) is 0 Å². The fourth-order valence-corrected chi connectivity index (χ4v) is 5.12. The Morgan fingerprint density at radius 2 is 1.54 bits per heavy atom. The number of halogens is 3. The van der Waals surface area contributed by atoms with Gasteiger partial charge in [0.2, 0.25) is 5.60 Å². The SMILES string of the molecule is CC1(C)OC[C@H]([C@H]2O[C@@H]3OC(C)(C)O[C@@H]3[C@@]2(O[Si](C)(C)C)C(F)(F)F)O1. The van der Waals surface area contributed by atoms with Gasteiger partial charge in [-0.25, -0.2) is 0 Å². The highest BCUT2D eigenvalue weighted by molar-refractivity contribution is 6.69. The largest absolute Gasteiger partial charge is 0.421 e. The second kappa shape index (κ2) is 5.88. The van der Waals surface area contributed by atoms with Crippen LogP contribution in [0.15, 0.2) is 0 Å². The lowest BCUT2D eigenvalue weighted by atomic mass is 9.88. The Balaban J connectivity index is 2.05. The number of ether oxygens (including phenoxy) is 5. The Morgan fingerprint density at radius 3 is 2.00 bits per heavy atom. The molecule has 3 saturated heterocycles. The van der Waals surface area contributed by atoms with E-state index in [9.17, 15) is 13.2 Å². The third-order valence-corrected chi connectivity index (χ3v) is 5.42. The summed E-state index contributed by atoms with van der Waals surface area (Å²) in [5.41, 5.74) is -2.69. The Bertz CT molecular complexity index is 561. The number of hydrogen-bond donors (Lipinski definition) is 0. The molecule has 3 rings (SSSR count). The minimum Gasteiger partial charge on any atom is -0.400 e. The Labute approximate surface area is 152 Å². The van der Waals surface area contributed by atoms with Crippen LogP contribution in [0.4, 0.5) is 13.2 Å². The van der Waals surface area contributed by atoms with Crippen molar-refractivity contribution in [2.45, 2.75) is 95.3 Å². The lowest BCUT2D eigenvalue weighted by Crippen LogP contribution is -2.67. The lowest BCUT2D eigenvalue weighted by Gasteiger charge is -2.44. The van der Waals surface area contributed by atoms with E-state index in [1.54, 1.807) is 47.3 Å². The summed E-state index contributed by atoms with van der Waals surface area (Å²) in [6.07, 6.45) is -9.80. The van der Waals surface area contributed by atoms with Crippen LogP contribution in [0.2, 0.25) is 19.6 Å². The summed E-state index contributed by atoms with van der Waals surface area (Å²) in [6.45, 7) is 11.5. The quantitative estimate of drug-likeness (QED) is 0.679. The summed E-state index contributed by atoms with van der Waals surface area (Å²) < 4.78 is 77.4.